The topological polar surface area (TPSA) is 42.2 Å². The molecular formula is C10H16N4S. The highest BCUT2D eigenvalue weighted by molar-refractivity contribution is 8.15. The van der Waals surface area contributed by atoms with Gasteiger partial charge in [0, 0.05) is 18.5 Å². The van der Waals surface area contributed by atoms with Crippen LogP contribution in [0.2, 0.25) is 0 Å². The van der Waals surface area contributed by atoms with Crippen molar-refractivity contribution in [3.63, 3.8) is 0 Å². The van der Waals surface area contributed by atoms with Crippen LogP contribution in [0.4, 0.5) is 5.69 Å². The number of nitrogens with zero attached hydrogens (tertiary/aromatic N) is 3. The Kier molecular flexibility index (Phi) is 3.00. The number of hydrogen-bond donors (Lipinski definition) is 1. The molecule has 0 aromatic carbocycles. The molecule has 2 rings (SSSR count). The SMILES string of the molecule is CC(C)C1CN=C(Nc2cnn(C)c2)S1. The summed E-state index contributed by atoms with van der Waals surface area (Å²) >= 11 is 1.82. The van der Waals surface area contributed by atoms with Crippen LogP contribution < -0.4 is 5.32 Å². The summed E-state index contributed by atoms with van der Waals surface area (Å²) < 4.78 is 1.78. The van der Waals surface area contributed by atoms with Gasteiger partial charge in [-0.3, -0.25) is 9.67 Å². The second-order valence-electron chi connectivity index (χ2n) is 4.07. The number of nitrogens with one attached hydrogen (secondary N) is 1. The summed E-state index contributed by atoms with van der Waals surface area (Å²) in [6.07, 6.45) is 3.76. The lowest BCUT2D eigenvalue weighted by atomic mass is 10.1. The number of rotatable bonds is 2. The minimum Gasteiger partial charge on any atom is -0.332 e. The van der Waals surface area contributed by atoms with Gasteiger partial charge >= 0.3 is 0 Å². The number of anilines is 1. The van der Waals surface area contributed by atoms with Crippen molar-refractivity contribution in [1.82, 2.24) is 9.78 Å². The largest absolute Gasteiger partial charge is 0.332 e. The van der Waals surface area contributed by atoms with Gasteiger partial charge in [-0.15, -0.1) is 0 Å². The molecular weight excluding hydrogens is 208 g/mol. The highest BCUT2D eigenvalue weighted by Gasteiger charge is 2.22. The predicted molar refractivity (Wildman–Crippen MR) is 65.3 cm³/mol. The van der Waals surface area contributed by atoms with E-state index in [4.69, 9.17) is 0 Å². The van der Waals surface area contributed by atoms with Crippen molar-refractivity contribution in [2.75, 3.05) is 11.9 Å². The van der Waals surface area contributed by atoms with Gasteiger partial charge in [-0.25, -0.2) is 0 Å². The van der Waals surface area contributed by atoms with Crippen LogP contribution in [0.15, 0.2) is 17.4 Å². The maximum Gasteiger partial charge on any atom is 0.161 e. The Morgan fingerprint density at radius 3 is 2.93 bits per heavy atom. The number of thioether (sulfide) groups is 1. The summed E-state index contributed by atoms with van der Waals surface area (Å²) in [4.78, 5) is 4.47. The zero-order chi connectivity index (χ0) is 10.8. The fourth-order valence-corrected chi connectivity index (χ4v) is 2.45. The Hall–Kier alpha value is -0.970. The van der Waals surface area contributed by atoms with Crippen LogP contribution >= 0.6 is 11.8 Å². The number of aryl methyl sites for hydroxylation is 1. The number of amidine groups is 1. The van der Waals surface area contributed by atoms with E-state index in [9.17, 15) is 0 Å². The molecule has 0 radical (unpaired) electrons. The lowest BCUT2D eigenvalue weighted by Crippen LogP contribution is -2.12. The van der Waals surface area contributed by atoms with Crippen LogP contribution in [0.3, 0.4) is 0 Å². The molecule has 0 bridgehead atoms. The molecule has 0 spiro atoms. The van der Waals surface area contributed by atoms with Gasteiger partial charge < -0.3 is 5.32 Å². The van der Waals surface area contributed by atoms with Gasteiger partial charge in [0.15, 0.2) is 5.17 Å². The van der Waals surface area contributed by atoms with Gasteiger partial charge in [0.05, 0.1) is 18.4 Å². The number of aliphatic imine (C=N–C) groups is 1. The highest BCUT2D eigenvalue weighted by Crippen LogP contribution is 2.27. The quantitative estimate of drug-likeness (QED) is 0.835. The van der Waals surface area contributed by atoms with Crippen molar-refractivity contribution >= 4 is 22.6 Å². The van der Waals surface area contributed by atoms with Crippen LogP contribution in [0.25, 0.3) is 0 Å². The van der Waals surface area contributed by atoms with Crippen molar-refractivity contribution in [2.45, 2.75) is 19.1 Å². The van der Waals surface area contributed by atoms with Crippen molar-refractivity contribution in [3.8, 4) is 0 Å². The minimum atomic E-state index is 0.615. The fourth-order valence-electron chi connectivity index (χ4n) is 1.42. The minimum absolute atomic E-state index is 0.615. The number of hydrogen-bond acceptors (Lipinski definition) is 4. The van der Waals surface area contributed by atoms with E-state index in [0.29, 0.717) is 11.2 Å². The van der Waals surface area contributed by atoms with Gasteiger partial charge in [-0.1, -0.05) is 25.6 Å². The second kappa shape index (κ2) is 4.26. The molecule has 1 atom stereocenters. The summed E-state index contributed by atoms with van der Waals surface area (Å²) in [5.74, 6) is 0.673. The van der Waals surface area contributed by atoms with E-state index in [-0.39, 0.29) is 0 Å². The second-order valence-corrected chi connectivity index (χ2v) is 5.30. The van der Waals surface area contributed by atoms with Crippen LogP contribution in [0, 0.1) is 5.92 Å². The molecule has 4 nitrogen and oxygen atoms in total. The van der Waals surface area contributed by atoms with Gasteiger partial charge in [0.2, 0.25) is 0 Å². The maximum atomic E-state index is 4.47. The summed E-state index contributed by atoms with van der Waals surface area (Å²) in [5, 5.41) is 9.01. The fraction of sp³-hybridized carbons (Fsp3) is 0.600. The van der Waals surface area contributed by atoms with Crippen molar-refractivity contribution in [1.29, 1.82) is 0 Å². The summed E-state index contributed by atoms with van der Waals surface area (Å²) in [7, 11) is 1.91. The summed E-state index contributed by atoms with van der Waals surface area (Å²) in [6, 6.07) is 0. The molecule has 1 N–H and O–H groups in total. The first-order chi connectivity index (χ1) is 7.15. The van der Waals surface area contributed by atoms with E-state index < -0.39 is 0 Å². The molecule has 1 aromatic heterocycles. The Labute approximate surface area is 94.2 Å². The molecule has 0 fully saturated rings. The predicted octanol–water partition coefficient (Wildman–Crippen LogP) is 1.96. The highest BCUT2D eigenvalue weighted by atomic mass is 32.2. The molecule has 0 saturated heterocycles. The Bertz CT molecular complexity index is 369. The van der Waals surface area contributed by atoms with E-state index in [1.165, 1.54) is 0 Å². The molecule has 0 saturated carbocycles. The van der Waals surface area contributed by atoms with Gasteiger partial charge in [0.25, 0.3) is 0 Å². The van der Waals surface area contributed by atoms with Crippen LogP contribution in [0.1, 0.15) is 13.8 Å². The van der Waals surface area contributed by atoms with Crippen molar-refractivity contribution in [2.24, 2.45) is 18.0 Å². The third-order valence-corrected chi connectivity index (χ3v) is 3.83. The van der Waals surface area contributed by atoms with E-state index in [0.717, 1.165) is 17.4 Å². The first-order valence-electron chi connectivity index (χ1n) is 5.12. The van der Waals surface area contributed by atoms with E-state index >= 15 is 0 Å². The Morgan fingerprint density at radius 2 is 2.40 bits per heavy atom. The molecule has 1 aromatic rings. The van der Waals surface area contributed by atoms with Gasteiger partial charge in [0.1, 0.15) is 0 Å². The average molecular weight is 224 g/mol. The van der Waals surface area contributed by atoms with E-state index in [1.807, 2.05) is 31.2 Å². The normalized spacial score (nSPS) is 20.8. The molecule has 0 aliphatic carbocycles. The van der Waals surface area contributed by atoms with Gasteiger partial charge in [-0.05, 0) is 5.92 Å². The molecule has 1 aliphatic heterocycles. The molecule has 82 valence electrons. The summed E-state index contributed by atoms with van der Waals surface area (Å²) in [6.45, 7) is 5.39. The average Bonchev–Trinajstić information content (AvgIpc) is 2.76. The van der Waals surface area contributed by atoms with E-state index in [2.05, 4.69) is 29.3 Å². The van der Waals surface area contributed by atoms with Crippen molar-refractivity contribution < 1.29 is 0 Å². The smallest absolute Gasteiger partial charge is 0.161 e. The van der Waals surface area contributed by atoms with E-state index in [1.54, 1.807) is 4.68 Å². The number of aromatic nitrogens is 2. The maximum absolute atomic E-state index is 4.47. The van der Waals surface area contributed by atoms with Crippen LogP contribution in [-0.4, -0.2) is 26.7 Å². The molecule has 2 heterocycles. The van der Waals surface area contributed by atoms with Gasteiger partial charge in [-0.2, -0.15) is 5.10 Å². The first-order valence-corrected chi connectivity index (χ1v) is 6.00. The van der Waals surface area contributed by atoms with Crippen LogP contribution in [-0.2, 0) is 7.05 Å². The molecule has 1 aliphatic rings. The molecule has 0 amide bonds. The lowest BCUT2D eigenvalue weighted by Gasteiger charge is -2.11. The Morgan fingerprint density at radius 1 is 1.60 bits per heavy atom. The molecule has 15 heavy (non-hydrogen) atoms. The molecule has 5 heteroatoms. The zero-order valence-electron chi connectivity index (χ0n) is 9.27. The lowest BCUT2D eigenvalue weighted by molar-refractivity contribution is 0.621. The standard InChI is InChI=1S/C10H16N4S/c1-7(2)9-5-11-10(15-9)13-8-4-12-14(3)6-8/h4,6-7,9H,5H2,1-3H3,(H,11,13). The van der Waals surface area contributed by atoms with Crippen LogP contribution in [0.5, 0.6) is 0 Å². The Balaban J connectivity index is 1.92. The monoisotopic (exact) mass is 224 g/mol. The first kappa shape index (κ1) is 10.5. The van der Waals surface area contributed by atoms with Crippen molar-refractivity contribution in [3.05, 3.63) is 12.4 Å². The molecule has 1 unspecified atom stereocenters. The third-order valence-electron chi connectivity index (χ3n) is 2.38. The third kappa shape index (κ3) is 2.53. The zero-order valence-corrected chi connectivity index (χ0v) is 10.1. The summed E-state index contributed by atoms with van der Waals surface area (Å²) in [5.41, 5.74) is 1.01.